The van der Waals surface area contributed by atoms with Gasteiger partial charge in [0.05, 0.1) is 12.2 Å². The molecular weight excluding hydrogens is 186 g/mol. The number of nitrogens with one attached hydrogen (secondary N) is 1. The van der Waals surface area contributed by atoms with E-state index in [0.29, 0.717) is 18.2 Å². The zero-order valence-corrected chi connectivity index (χ0v) is 9.44. The summed E-state index contributed by atoms with van der Waals surface area (Å²) in [7, 11) is 0. The van der Waals surface area contributed by atoms with Gasteiger partial charge < -0.3 is 10.1 Å². The van der Waals surface area contributed by atoms with Crippen LogP contribution >= 0.6 is 0 Å². The van der Waals surface area contributed by atoms with Crippen LogP contribution in [-0.2, 0) is 4.74 Å². The van der Waals surface area contributed by atoms with Gasteiger partial charge in [-0.25, -0.2) is 0 Å². The molecular formula is C13H19NO. The highest BCUT2D eigenvalue weighted by atomic mass is 16.5. The third-order valence-corrected chi connectivity index (χ3v) is 2.84. The van der Waals surface area contributed by atoms with Crippen molar-refractivity contribution >= 4 is 5.69 Å². The standard InChI is InChI=1S/C13H19NO/c1-10-8-13(9-11(2)15-10)14-12-6-4-3-5-7-12/h3-7,10-11,13-14H,8-9H2,1-2H3/t10-,11-/m0/s1. The van der Waals surface area contributed by atoms with Gasteiger partial charge in [0, 0.05) is 11.7 Å². The van der Waals surface area contributed by atoms with E-state index in [-0.39, 0.29) is 0 Å². The molecule has 0 aromatic heterocycles. The zero-order valence-electron chi connectivity index (χ0n) is 9.44. The second-order valence-electron chi connectivity index (χ2n) is 4.44. The summed E-state index contributed by atoms with van der Waals surface area (Å²) in [6.07, 6.45) is 2.93. The molecule has 0 bridgehead atoms. The smallest absolute Gasteiger partial charge is 0.0570 e. The van der Waals surface area contributed by atoms with Gasteiger partial charge in [0.2, 0.25) is 0 Å². The molecule has 2 atom stereocenters. The first-order chi connectivity index (χ1) is 7.24. The Bertz CT molecular complexity index is 289. The predicted octanol–water partition coefficient (Wildman–Crippen LogP) is 3.05. The summed E-state index contributed by atoms with van der Waals surface area (Å²) in [5, 5.41) is 3.56. The van der Waals surface area contributed by atoms with Crippen LogP contribution < -0.4 is 5.32 Å². The largest absolute Gasteiger partial charge is 0.382 e. The van der Waals surface area contributed by atoms with Crippen LogP contribution in [0.2, 0.25) is 0 Å². The minimum Gasteiger partial charge on any atom is -0.382 e. The predicted molar refractivity (Wildman–Crippen MR) is 63.1 cm³/mol. The number of ether oxygens (including phenoxy) is 1. The molecule has 82 valence electrons. The van der Waals surface area contributed by atoms with Crippen LogP contribution in [0.1, 0.15) is 26.7 Å². The fraction of sp³-hybridized carbons (Fsp3) is 0.538. The lowest BCUT2D eigenvalue weighted by Crippen LogP contribution is -2.36. The molecule has 1 aromatic rings. The van der Waals surface area contributed by atoms with Gasteiger partial charge in [0.25, 0.3) is 0 Å². The molecule has 15 heavy (non-hydrogen) atoms. The summed E-state index contributed by atoms with van der Waals surface area (Å²) in [5.74, 6) is 0. The Labute approximate surface area is 91.6 Å². The van der Waals surface area contributed by atoms with Gasteiger partial charge in [-0.3, -0.25) is 0 Å². The van der Waals surface area contributed by atoms with Gasteiger partial charge in [-0.2, -0.15) is 0 Å². The van der Waals surface area contributed by atoms with Crippen LogP contribution in [0.5, 0.6) is 0 Å². The maximum atomic E-state index is 5.71. The molecule has 0 amide bonds. The summed E-state index contributed by atoms with van der Waals surface area (Å²) in [6, 6.07) is 10.9. The van der Waals surface area contributed by atoms with E-state index in [0.717, 1.165) is 12.8 Å². The molecule has 1 heterocycles. The third kappa shape index (κ3) is 2.96. The molecule has 1 N–H and O–H groups in total. The van der Waals surface area contributed by atoms with Crippen molar-refractivity contribution < 1.29 is 4.74 Å². The van der Waals surface area contributed by atoms with Gasteiger partial charge in [-0.1, -0.05) is 18.2 Å². The van der Waals surface area contributed by atoms with Crippen LogP contribution in [-0.4, -0.2) is 18.2 Å². The van der Waals surface area contributed by atoms with Gasteiger partial charge >= 0.3 is 0 Å². The van der Waals surface area contributed by atoms with Crippen LogP contribution in [0.25, 0.3) is 0 Å². The lowest BCUT2D eigenvalue weighted by molar-refractivity contribution is -0.0337. The fourth-order valence-electron chi connectivity index (χ4n) is 2.29. The summed E-state index contributed by atoms with van der Waals surface area (Å²) < 4.78 is 5.71. The second-order valence-corrected chi connectivity index (χ2v) is 4.44. The van der Waals surface area contributed by atoms with Crippen molar-refractivity contribution in [1.82, 2.24) is 0 Å². The molecule has 1 aromatic carbocycles. The number of anilines is 1. The molecule has 0 radical (unpaired) electrons. The van der Waals surface area contributed by atoms with E-state index in [1.54, 1.807) is 0 Å². The van der Waals surface area contributed by atoms with E-state index >= 15 is 0 Å². The zero-order chi connectivity index (χ0) is 10.7. The maximum absolute atomic E-state index is 5.71. The van der Waals surface area contributed by atoms with Crippen LogP contribution in [0.4, 0.5) is 5.69 Å². The molecule has 0 spiro atoms. The Morgan fingerprint density at radius 1 is 1.07 bits per heavy atom. The van der Waals surface area contributed by atoms with E-state index < -0.39 is 0 Å². The first-order valence-corrected chi connectivity index (χ1v) is 5.71. The molecule has 1 saturated heterocycles. The lowest BCUT2D eigenvalue weighted by Gasteiger charge is -2.33. The molecule has 1 aliphatic rings. The fourth-order valence-corrected chi connectivity index (χ4v) is 2.29. The third-order valence-electron chi connectivity index (χ3n) is 2.84. The summed E-state index contributed by atoms with van der Waals surface area (Å²) >= 11 is 0. The molecule has 0 unspecified atom stereocenters. The summed E-state index contributed by atoms with van der Waals surface area (Å²) in [6.45, 7) is 4.30. The Hall–Kier alpha value is -1.02. The summed E-state index contributed by atoms with van der Waals surface area (Å²) in [4.78, 5) is 0. The van der Waals surface area contributed by atoms with E-state index in [1.807, 2.05) is 6.07 Å². The minimum absolute atomic E-state index is 0.370. The lowest BCUT2D eigenvalue weighted by atomic mass is 9.99. The number of rotatable bonds is 2. The van der Waals surface area contributed by atoms with Crippen molar-refractivity contribution in [3.63, 3.8) is 0 Å². The van der Waals surface area contributed by atoms with E-state index in [2.05, 4.69) is 43.4 Å². The van der Waals surface area contributed by atoms with Crippen LogP contribution in [0.3, 0.4) is 0 Å². The van der Waals surface area contributed by atoms with Crippen LogP contribution in [0.15, 0.2) is 30.3 Å². The number of hydrogen-bond donors (Lipinski definition) is 1. The van der Waals surface area contributed by atoms with E-state index in [1.165, 1.54) is 5.69 Å². The SMILES string of the molecule is C[C@H]1CC(Nc2ccccc2)C[C@H](C)O1. The highest BCUT2D eigenvalue weighted by Gasteiger charge is 2.23. The second kappa shape index (κ2) is 4.67. The van der Waals surface area contributed by atoms with E-state index in [9.17, 15) is 0 Å². The average molecular weight is 205 g/mol. The molecule has 2 heteroatoms. The topological polar surface area (TPSA) is 21.3 Å². The molecule has 2 nitrogen and oxygen atoms in total. The molecule has 2 rings (SSSR count). The monoisotopic (exact) mass is 205 g/mol. The number of benzene rings is 1. The minimum atomic E-state index is 0.370. The van der Waals surface area contributed by atoms with Crippen LogP contribution in [0, 0.1) is 0 Å². The van der Waals surface area contributed by atoms with Crippen molar-refractivity contribution in [3.8, 4) is 0 Å². The maximum Gasteiger partial charge on any atom is 0.0570 e. The Balaban J connectivity index is 1.94. The summed E-state index contributed by atoms with van der Waals surface area (Å²) in [5.41, 5.74) is 1.21. The normalized spacial score (nSPS) is 31.2. The highest BCUT2D eigenvalue weighted by molar-refractivity contribution is 5.43. The van der Waals surface area contributed by atoms with Crippen molar-refractivity contribution in [1.29, 1.82) is 0 Å². The molecule has 1 fully saturated rings. The van der Waals surface area contributed by atoms with Gasteiger partial charge in [-0.15, -0.1) is 0 Å². The average Bonchev–Trinajstić information content (AvgIpc) is 2.17. The first kappa shape index (κ1) is 10.5. The van der Waals surface area contributed by atoms with Gasteiger partial charge in [0.15, 0.2) is 0 Å². The van der Waals surface area contributed by atoms with Crippen molar-refractivity contribution in [2.45, 2.75) is 44.9 Å². The Morgan fingerprint density at radius 2 is 1.67 bits per heavy atom. The Kier molecular flexibility index (Phi) is 3.27. The van der Waals surface area contributed by atoms with Crippen molar-refractivity contribution in [2.75, 3.05) is 5.32 Å². The molecule has 0 saturated carbocycles. The molecule has 0 aliphatic carbocycles. The number of hydrogen-bond acceptors (Lipinski definition) is 2. The number of para-hydroxylation sites is 1. The van der Waals surface area contributed by atoms with Crippen molar-refractivity contribution in [3.05, 3.63) is 30.3 Å². The Morgan fingerprint density at radius 3 is 2.27 bits per heavy atom. The quantitative estimate of drug-likeness (QED) is 0.801. The highest BCUT2D eigenvalue weighted by Crippen LogP contribution is 2.22. The van der Waals surface area contributed by atoms with Gasteiger partial charge in [-0.05, 0) is 38.8 Å². The first-order valence-electron chi connectivity index (χ1n) is 5.71. The molecule has 1 aliphatic heterocycles. The van der Waals surface area contributed by atoms with Crippen molar-refractivity contribution in [2.24, 2.45) is 0 Å². The van der Waals surface area contributed by atoms with Gasteiger partial charge in [0.1, 0.15) is 0 Å². The van der Waals surface area contributed by atoms with E-state index in [4.69, 9.17) is 4.74 Å².